The molecule has 1 aromatic carbocycles. The molecule has 1 unspecified atom stereocenters. The van der Waals surface area contributed by atoms with Gasteiger partial charge in [-0.15, -0.1) is 11.3 Å². The van der Waals surface area contributed by atoms with Crippen LogP contribution in [-0.4, -0.2) is 12.6 Å². The molecule has 1 N–H and O–H groups in total. The summed E-state index contributed by atoms with van der Waals surface area (Å²) in [5.74, 6) is -0.175. The average molecular weight is 305 g/mol. The minimum Gasteiger partial charge on any atom is -0.313 e. The monoisotopic (exact) mass is 305 g/mol. The summed E-state index contributed by atoms with van der Waals surface area (Å²) in [6, 6.07) is 11.5. The number of halogens is 1. The van der Waals surface area contributed by atoms with Gasteiger partial charge in [0.25, 0.3) is 0 Å². The van der Waals surface area contributed by atoms with Crippen LogP contribution in [-0.2, 0) is 11.8 Å². The molecule has 3 heteroatoms. The molecule has 21 heavy (non-hydrogen) atoms. The van der Waals surface area contributed by atoms with E-state index in [9.17, 15) is 4.39 Å². The largest absolute Gasteiger partial charge is 0.313 e. The fourth-order valence-electron chi connectivity index (χ4n) is 2.61. The maximum Gasteiger partial charge on any atom is 0.123 e. The third kappa shape index (κ3) is 4.14. The van der Waals surface area contributed by atoms with Gasteiger partial charge in [-0.1, -0.05) is 39.0 Å². The minimum atomic E-state index is -0.175. The van der Waals surface area contributed by atoms with E-state index in [1.165, 1.54) is 10.4 Å². The third-order valence-electron chi connectivity index (χ3n) is 4.09. The van der Waals surface area contributed by atoms with Crippen molar-refractivity contribution in [2.75, 3.05) is 6.54 Å². The van der Waals surface area contributed by atoms with Gasteiger partial charge in [-0.25, -0.2) is 4.39 Å². The van der Waals surface area contributed by atoms with Crippen LogP contribution in [0.5, 0.6) is 0 Å². The van der Waals surface area contributed by atoms with Gasteiger partial charge in [-0.05, 0) is 48.5 Å². The lowest BCUT2D eigenvalue weighted by atomic mass is 9.76. The molecule has 0 saturated heterocycles. The Kier molecular flexibility index (Phi) is 5.54. The summed E-state index contributed by atoms with van der Waals surface area (Å²) in [5, 5.41) is 5.80. The van der Waals surface area contributed by atoms with Crippen molar-refractivity contribution in [3.8, 4) is 0 Å². The molecule has 0 aliphatic rings. The average Bonchev–Trinajstić information content (AvgIpc) is 2.96. The van der Waals surface area contributed by atoms with Crippen molar-refractivity contribution < 1.29 is 4.39 Å². The molecular formula is C18H24FNS. The lowest BCUT2D eigenvalue weighted by Gasteiger charge is -2.36. The SMILES string of the molecule is CCCNC(Cc1cccs1)C(C)(C)c1ccc(F)cc1. The van der Waals surface area contributed by atoms with E-state index in [1.807, 2.05) is 12.1 Å². The van der Waals surface area contributed by atoms with Crippen molar-refractivity contribution in [3.05, 3.63) is 58.0 Å². The van der Waals surface area contributed by atoms with Gasteiger partial charge in [0.05, 0.1) is 0 Å². The van der Waals surface area contributed by atoms with Crippen LogP contribution in [0.1, 0.15) is 37.6 Å². The van der Waals surface area contributed by atoms with E-state index in [-0.39, 0.29) is 11.2 Å². The highest BCUT2D eigenvalue weighted by molar-refractivity contribution is 7.09. The lowest BCUT2D eigenvalue weighted by Crippen LogP contribution is -2.46. The van der Waals surface area contributed by atoms with Crippen LogP contribution in [0.25, 0.3) is 0 Å². The van der Waals surface area contributed by atoms with Crippen LogP contribution in [0, 0.1) is 5.82 Å². The van der Waals surface area contributed by atoms with E-state index in [0.29, 0.717) is 6.04 Å². The van der Waals surface area contributed by atoms with Crippen LogP contribution in [0.15, 0.2) is 41.8 Å². The van der Waals surface area contributed by atoms with Crippen LogP contribution in [0.4, 0.5) is 4.39 Å². The first-order chi connectivity index (χ1) is 10.0. The smallest absolute Gasteiger partial charge is 0.123 e. The van der Waals surface area contributed by atoms with Gasteiger partial charge < -0.3 is 5.32 Å². The summed E-state index contributed by atoms with van der Waals surface area (Å²) in [7, 11) is 0. The van der Waals surface area contributed by atoms with Crippen molar-refractivity contribution in [3.63, 3.8) is 0 Å². The Labute approximate surface area is 131 Å². The Hall–Kier alpha value is -1.19. The molecule has 2 rings (SSSR count). The summed E-state index contributed by atoms with van der Waals surface area (Å²) in [4.78, 5) is 1.39. The zero-order chi connectivity index (χ0) is 15.3. The molecular weight excluding hydrogens is 281 g/mol. The van der Waals surface area contributed by atoms with Crippen LogP contribution >= 0.6 is 11.3 Å². The number of benzene rings is 1. The van der Waals surface area contributed by atoms with Gasteiger partial charge in [0.2, 0.25) is 0 Å². The zero-order valence-corrected chi connectivity index (χ0v) is 13.8. The number of hydrogen-bond donors (Lipinski definition) is 1. The van der Waals surface area contributed by atoms with Gasteiger partial charge in [0, 0.05) is 16.3 Å². The van der Waals surface area contributed by atoms with Gasteiger partial charge in [-0.2, -0.15) is 0 Å². The molecule has 0 radical (unpaired) electrons. The fourth-order valence-corrected chi connectivity index (χ4v) is 3.36. The Morgan fingerprint density at radius 2 is 1.90 bits per heavy atom. The standard InChI is InChI=1S/C18H24FNS/c1-4-11-20-17(13-16-6-5-12-21-16)18(2,3)14-7-9-15(19)10-8-14/h5-10,12,17,20H,4,11,13H2,1-3H3. The van der Waals surface area contributed by atoms with Crippen molar-refractivity contribution >= 4 is 11.3 Å². The molecule has 1 nitrogen and oxygen atoms in total. The second-order valence-corrected chi connectivity index (χ2v) is 7.05. The summed E-state index contributed by atoms with van der Waals surface area (Å²) >= 11 is 1.80. The van der Waals surface area contributed by atoms with Crippen LogP contribution < -0.4 is 5.32 Å². The van der Waals surface area contributed by atoms with Crippen molar-refractivity contribution in [2.24, 2.45) is 0 Å². The molecule has 2 aromatic rings. The van der Waals surface area contributed by atoms with E-state index >= 15 is 0 Å². The highest BCUT2D eigenvalue weighted by Gasteiger charge is 2.31. The maximum absolute atomic E-state index is 13.2. The van der Waals surface area contributed by atoms with Gasteiger partial charge in [0.15, 0.2) is 0 Å². The Morgan fingerprint density at radius 3 is 2.48 bits per heavy atom. The highest BCUT2D eigenvalue weighted by Crippen LogP contribution is 2.30. The van der Waals surface area contributed by atoms with Crippen molar-refractivity contribution in [2.45, 2.75) is 45.1 Å². The van der Waals surface area contributed by atoms with E-state index in [2.05, 4.69) is 43.6 Å². The normalized spacial score (nSPS) is 13.3. The quantitative estimate of drug-likeness (QED) is 0.776. The van der Waals surface area contributed by atoms with E-state index in [4.69, 9.17) is 0 Å². The fraction of sp³-hybridized carbons (Fsp3) is 0.444. The number of nitrogens with one attached hydrogen (secondary N) is 1. The molecule has 0 fully saturated rings. The maximum atomic E-state index is 13.2. The number of rotatable bonds is 7. The van der Waals surface area contributed by atoms with E-state index in [1.54, 1.807) is 23.5 Å². The zero-order valence-electron chi connectivity index (χ0n) is 13.0. The Bertz CT molecular complexity index is 531. The molecule has 0 saturated carbocycles. The summed E-state index contributed by atoms with van der Waals surface area (Å²) in [6.07, 6.45) is 2.11. The molecule has 0 amide bonds. The molecule has 0 aliphatic heterocycles. The van der Waals surface area contributed by atoms with Crippen molar-refractivity contribution in [1.29, 1.82) is 0 Å². The molecule has 0 aliphatic carbocycles. The number of thiophene rings is 1. The first-order valence-corrected chi connectivity index (χ1v) is 8.43. The van der Waals surface area contributed by atoms with Gasteiger partial charge >= 0.3 is 0 Å². The predicted octanol–water partition coefficient (Wildman–Crippen LogP) is 4.78. The molecule has 114 valence electrons. The second kappa shape index (κ2) is 7.19. The molecule has 1 atom stereocenters. The molecule has 0 bridgehead atoms. The highest BCUT2D eigenvalue weighted by atomic mass is 32.1. The molecule has 0 spiro atoms. The third-order valence-corrected chi connectivity index (χ3v) is 4.98. The van der Waals surface area contributed by atoms with E-state index < -0.39 is 0 Å². The van der Waals surface area contributed by atoms with E-state index in [0.717, 1.165) is 19.4 Å². The lowest BCUT2D eigenvalue weighted by molar-refractivity contribution is 0.339. The van der Waals surface area contributed by atoms with Gasteiger partial charge in [0.1, 0.15) is 5.82 Å². The van der Waals surface area contributed by atoms with Crippen molar-refractivity contribution in [1.82, 2.24) is 5.32 Å². The number of hydrogen-bond acceptors (Lipinski definition) is 2. The Balaban J connectivity index is 2.22. The van der Waals surface area contributed by atoms with Gasteiger partial charge in [-0.3, -0.25) is 0 Å². The predicted molar refractivity (Wildman–Crippen MR) is 89.5 cm³/mol. The minimum absolute atomic E-state index is 0.0488. The molecule has 1 heterocycles. The summed E-state index contributed by atoms with van der Waals surface area (Å²) < 4.78 is 13.2. The summed E-state index contributed by atoms with van der Waals surface area (Å²) in [6.45, 7) is 7.66. The Morgan fingerprint density at radius 1 is 1.19 bits per heavy atom. The first kappa shape index (κ1) is 16.2. The summed E-state index contributed by atoms with van der Waals surface area (Å²) in [5.41, 5.74) is 1.13. The molecule has 1 aromatic heterocycles. The van der Waals surface area contributed by atoms with Crippen LogP contribution in [0.3, 0.4) is 0 Å². The first-order valence-electron chi connectivity index (χ1n) is 7.56. The second-order valence-electron chi connectivity index (χ2n) is 6.02. The topological polar surface area (TPSA) is 12.0 Å². The van der Waals surface area contributed by atoms with Crippen LogP contribution in [0.2, 0.25) is 0 Å².